The van der Waals surface area contributed by atoms with E-state index in [-0.39, 0.29) is 18.4 Å². The number of nitrogens with one attached hydrogen (secondary N) is 1. The van der Waals surface area contributed by atoms with E-state index in [2.05, 4.69) is 15.3 Å². The van der Waals surface area contributed by atoms with E-state index < -0.39 is 11.5 Å². The van der Waals surface area contributed by atoms with Gasteiger partial charge in [0.2, 0.25) is 0 Å². The van der Waals surface area contributed by atoms with Gasteiger partial charge in [-0.15, -0.1) is 0 Å². The number of aliphatic imine (C=N–C) groups is 1. The molecule has 0 spiro atoms. The minimum absolute atomic E-state index is 0.0322. The summed E-state index contributed by atoms with van der Waals surface area (Å²) in [4.78, 5) is 32.8. The Kier molecular flexibility index (Phi) is 4.06. The number of carbonyl (C=O) groups is 2. The zero-order valence-electron chi connectivity index (χ0n) is 12.6. The predicted molar refractivity (Wildman–Crippen MR) is 78.1 cm³/mol. The SMILES string of the molecule is CCOC(=O)c1cccnc1C1=N[C@@](C)(C(C)C)C(=O)N1. The van der Waals surface area contributed by atoms with Crippen molar-refractivity contribution < 1.29 is 14.3 Å². The van der Waals surface area contributed by atoms with Crippen LogP contribution in [0, 0.1) is 5.92 Å². The largest absolute Gasteiger partial charge is 0.462 e. The molecule has 0 aliphatic carbocycles. The molecule has 2 rings (SSSR count). The van der Waals surface area contributed by atoms with Crippen molar-refractivity contribution in [3.05, 3.63) is 29.6 Å². The molecule has 6 nitrogen and oxygen atoms in total. The monoisotopic (exact) mass is 289 g/mol. The van der Waals surface area contributed by atoms with E-state index in [1.807, 2.05) is 13.8 Å². The molecule has 112 valence electrons. The summed E-state index contributed by atoms with van der Waals surface area (Å²) in [6.07, 6.45) is 1.55. The van der Waals surface area contributed by atoms with Crippen LogP contribution < -0.4 is 5.32 Å². The van der Waals surface area contributed by atoms with Gasteiger partial charge in [-0.1, -0.05) is 13.8 Å². The summed E-state index contributed by atoms with van der Waals surface area (Å²) >= 11 is 0. The van der Waals surface area contributed by atoms with Gasteiger partial charge in [-0.05, 0) is 31.9 Å². The van der Waals surface area contributed by atoms with Gasteiger partial charge in [-0.25, -0.2) is 9.79 Å². The van der Waals surface area contributed by atoms with Crippen molar-refractivity contribution in [3.63, 3.8) is 0 Å². The Morgan fingerprint density at radius 3 is 2.76 bits per heavy atom. The van der Waals surface area contributed by atoms with Crippen LogP contribution >= 0.6 is 0 Å². The van der Waals surface area contributed by atoms with E-state index in [1.165, 1.54) is 0 Å². The van der Waals surface area contributed by atoms with Crippen molar-refractivity contribution in [3.8, 4) is 0 Å². The molecule has 0 saturated carbocycles. The number of amidine groups is 1. The summed E-state index contributed by atoms with van der Waals surface area (Å²) in [5, 5.41) is 2.72. The Hall–Kier alpha value is -2.24. The van der Waals surface area contributed by atoms with Gasteiger partial charge in [-0.2, -0.15) is 0 Å². The highest BCUT2D eigenvalue weighted by Crippen LogP contribution is 2.27. The molecule has 1 N–H and O–H groups in total. The first-order valence-corrected chi connectivity index (χ1v) is 6.94. The Morgan fingerprint density at radius 2 is 2.19 bits per heavy atom. The number of pyridine rings is 1. The molecule has 0 fully saturated rings. The topological polar surface area (TPSA) is 80.7 Å². The van der Waals surface area contributed by atoms with E-state index in [0.29, 0.717) is 17.1 Å². The Morgan fingerprint density at radius 1 is 1.48 bits per heavy atom. The molecule has 6 heteroatoms. The third kappa shape index (κ3) is 2.66. The van der Waals surface area contributed by atoms with E-state index >= 15 is 0 Å². The second-order valence-corrected chi connectivity index (χ2v) is 5.34. The lowest BCUT2D eigenvalue weighted by atomic mass is 9.89. The van der Waals surface area contributed by atoms with Crippen molar-refractivity contribution >= 4 is 17.7 Å². The fourth-order valence-electron chi connectivity index (χ4n) is 2.02. The van der Waals surface area contributed by atoms with Crippen LogP contribution in [0.15, 0.2) is 23.3 Å². The van der Waals surface area contributed by atoms with Crippen LogP contribution in [0.25, 0.3) is 0 Å². The fraction of sp³-hybridized carbons (Fsp3) is 0.467. The molecular formula is C15H19N3O3. The third-order valence-corrected chi connectivity index (χ3v) is 3.69. The normalized spacial score (nSPS) is 21.2. The van der Waals surface area contributed by atoms with Crippen molar-refractivity contribution in [2.75, 3.05) is 6.61 Å². The Balaban J connectivity index is 2.45. The van der Waals surface area contributed by atoms with Crippen LogP contribution in [0.1, 0.15) is 43.7 Å². The van der Waals surface area contributed by atoms with E-state index in [4.69, 9.17) is 4.74 Å². The highest BCUT2D eigenvalue weighted by atomic mass is 16.5. The van der Waals surface area contributed by atoms with E-state index in [1.54, 1.807) is 32.2 Å². The minimum Gasteiger partial charge on any atom is -0.462 e. The van der Waals surface area contributed by atoms with Crippen LogP contribution in [0.2, 0.25) is 0 Å². The molecule has 0 radical (unpaired) electrons. The van der Waals surface area contributed by atoms with Gasteiger partial charge < -0.3 is 10.1 Å². The van der Waals surface area contributed by atoms with Crippen LogP contribution in [0.5, 0.6) is 0 Å². The van der Waals surface area contributed by atoms with Gasteiger partial charge in [0.25, 0.3) is 5.91 Å². The molecule has 0 unspecified atom stereocenters. The standard InChI is InChI=1S/C15H19N3O3/c1-5-21-13(19)10-7-6-8-16-11(10)12-17-14(20)15(4,18-12)9(2)3/h6-9H,5H2,1-4H3,(H,17,18,20)/t15-/m0/s1. The quantitative estimate of drug-likeness (QED) is 0.853. The van der Waals surface area contributed by atoms with E-state index in [0.717, 1.165) is 0 Å². The molecule has 1 aliphatic heterocycles. The molecule has 1 amide bonds. The second-order valence-electron chi connectivity index (χ2n) is 5.34. The Bertz CT molecular complexity index is 610. The first-order chi connectivity index (χ1) is 9.90. The molecule has 0 bridgehead atoms. The summed E-state index contributed by atoms with van der Waals surface area (Å²) in [5.41, 5.74) is -0.209. The lowest BCUT2D eigenvalue weighted by Crippen LogP contribution is -2.41. The lowest BCUT2D eigenvalue weighted by Gasteiger charge is -2.21. The maximum atomic E-state index is 12.2. The zero-order chi connectivity index (χ0) is 15.6. The molecule has 0 aromatic carbocycles. The zero-order valence-corrected chi connectivity index (χ0v) is 12.6. The molecule has 0 saturated heterocycles. The summed E-state index contributed by atoms with van der Waals surface area (Å²) in [7, 11) is 0. The van der Waals surface area contributed by atoms with Gasteiger partial charge >= 0.3 is 5.97 Å². The molecule has 21 heavy (non-hydrogen) atoms. The molecular weight excluding hydrogens is 270 g/mol. The number of rotatable bonds is 4. The molecule has 1 aromatic heterocycles. The fourth-order valence-corrected chi connectivity index (χ4v) is 2.02. The van der Waals surface area contributed by atoms with Gasteiger partial charge in [0.15, 0.2) is 5.84 Å². The maximum Gasteiger partial charge on any atom is 0.340 e. The second kappa shape index (κ2) is 5.63. The summed E-state index contributed by atoms with van der Waals surface area (Å²) in [6.45, 7) is 7.63. The highest BCUT2D eigenvalue weighted by Gasteiger charge is 2.43. The van der Waals surface area contributed by atoms with Gasteiger partial charge in [0, 0.05) is 6.20 Å². The summed E-state index contributed by atoms with van der Waals surface area (Å²) in [6, 6.07) is 3.26. The van der Waals surface area contributed by atoms with Crippen molar-refractivity contribution in [2.24, 2.45) is 10.9 Å². The average molecular weight is 289 g/mol. The number of aromatic nitrogens is 1. The number of nitrogens with zero attached hydrogens (tertiary/aromatic N) is 2. The van der Waals surface area contributed by atoms with Gasteiger partial charge in [0.1, 0.15) is 11.2 Å². The maximum absolute atomic E-state index is 12.2. The van der Waals surface area contributed by atoms with Crippen LogP contribution in [0.3, 0.4) is 0 Å². The number of hydrogen-bond acceptors (Lipinski definition) is 5. The average Bonchev–Trinajstić information content (AvgIpc) is 2.76. The summed E-state index contributed by atoms with van der Waals surface area (Å²) in [5.74, 6) is -0.312. The lowest BCUT2D eigenvalue weighted by molar-refractivity contribution is -0.124. The smallest absolute Gasteiger partial charge is 0.340 e. The van der Waals surface area contributed by atoms with Crippen molar-refractivity contribution in [1.82, 2.24) is 10.3 Å². The highest BCUT2D eigenvalue weighted by molar-refractivity contribution is 6.17. The van der Waals surface area contributed by atoms with E-state index in [9.17, 15) is 9.59 Å². The number of esters is 1. The Labute approximate surface area is 123 Å². The molecule has 1 atom stereocenters. The number of hydrogen-bond donors (Lipinski definition) is 1. The first kappa shape index (κ1) is 15.2. The molecule has 1 aliphatic rings. The molecule has 2 heterocycles. The number of amides is 1. The predicted octanol–water partition coefficient (Wildman–Crippen LogP) is 1.55. The summed E-state index contributed by atoms with van der Waals surface area (Å²) < 4.78 is 5.01. The van der Waals surface area contributed by atoms with Crippen LogP contribution in [0.4, 0.5) is 0 Å². The van der Waals surface area contributed by atoms with Crippen molar-refractivity contribution in [2.45, 2.75) is 33.2 Å². The molecule has 1 aromatic rings. The first-order valence-electron chi connectivity index (χ1n) is 6.94. The van der Waals surface area contributed by atoms with Crippen LogP contribution in [-0.4, -0.2) is 34.8 Å². The third-order valence-electron chi connectivity index (χ3n) is 3.69. The van der Waals surface area contributed by atoms with Crippen LogP contribution in [-0.2, 0) is 9.53 Å². The number of ether oxygens (including phenoxy) is 1. The number of carbonyl (C=O) groups excluding carboxylic acids is 2. The van der Waals surface area contributed by atoms with Gasteiger partial charge in [-0.3, -0.25) is 9.78 Å². The van der Waals surface area contributed by atoms with Gasteiger partial charge in [0.05, 0.1) is 12.2 Å². The van der Waals surface area contributed by atoms with Crippen molar-refractivity contribution in [1.29, 1.82) is 0 Å². The minimum atomic E-state index is -0.848.